The smallest absolute Gasteiger partial charge is 0.0159 e. The van der Waals surface area contributed by atoms with E-state index >= 15 is 0 Å². The average molecular weight is 1280 g/mol. The number of rotatable bonds is 8. The van der Waals surface area contributed by atoms with Crippen LogP contribution in [0.4, 0.5) is 0 Å². The summed E-state index contributed by atoms with van der Waals surface area (Å²) in [4.78, 5) is 0. The zero-order valence-electron chi connectivity index (χ0n) is 56.3. The molecular weight excluding hydrogens is 1210 g/mol. The van der Waals surface area contributed by atoms with Crippen molar-refractivity contribution in [2.75, 3.05) is 0 Å². The largest absolute Gasteiger partial charge is 0.0622 e. The fraction of sp³-hybridized carbons (Fsp3) is 0.0297. The normalized spacial score (nSPS) is 12.3. The van der Waals surface area contributed by atoms with E-state index in [0.29, 0.717) is 0 Å². The molecule has 472 valence electrons. The topological polar surface area (TPSA) is 0 Å². The van der Waals surface area contributed by atoms with Gasteiger partial charge in [0.2, 0.25) is 0 Å². The molecule has 1 aliphatic rings. The van der Waals surface area contributed by atoms with Crippen molar-refractivity contribution in [2.24, 2.45) is 0 Å². The lowest BCUT2D eigenvalue weighted by molar-refractivity contribution is 0.660. The van der Waals surface area contributed by atoms with Gasteiger partial charge in [0, 0.05) is 5.41 Å². The Balaban J connectivity index is 0.000000140. The van der Waals surface area contributed by atoms with Crippen LogP contribution in [0.5, 0.6) is 0 Å². The zero-order chi connectivity index (χ0) is 67.1. The van der Waals surface area contributed by atoms with Crippen molar-refractivity contribution in [1.82, 2.24) is 0 Å². The number of hydrogen-bond donors (Lipinski definition) is 0. The van der Waals surface area contributed by atoms with Gasteiger partial charge in [0.05, 0.1) is 0 Å². The third-order valence-electron chi connectivity index (χ3n) is 21.7. The van der Waals surface area contributed by atoms with Crippen molar-refractivity contribution >= 4 is 86.2 Å². The lowest BCUT2D eigenvalue weighted by Gasteiger charge is -2.22. The first-order valence-corrected chi connectivity index (χ1v) is 35.3. The van der Waals surface area contributed by atoms with E-state index in [2.05, 4.69) is 390 Å². The van der Waals surface area contributed by atoms with Crippen LogP contribution >= 0.6 is 0 Å². The molecule has 0 radical (unpaired) electrons. The second kappa shape index (κ2) is 24.4. The van der Waals surface area contributed by atoms with Crippen LogP contribution in [0, 0.1) is 0 Å². The number of fused-ring (bicyclic) bond motifs is 11. The van der Waals surface area contributed by atoms with E-state index in [1.165, 1.54) is 197 Å². The minimum Gasteiger partial charge on any atom is -0.0622 e. The van der Waals surface area contributed by atoms with Gasteiger partial charge in [-0.15, -0.1) is 0 Å². The van der Waals surface area contributed by atoms with Gasteiger partial charge in [-0.25, -0.2) is 0 Å². The van der Waals surface area contributed by atoms with E-state index in [-0.39, 0.29) is 5.41 Å². The molecule has 0 saturated heterocycles. The molecule has 0 nitrogen and oxygen atoms in total. The van der Waals surface area contributed by atoms with Gasteiger partial charge >= 0.3 is 0 Å². The van der Waals surface area contributed by atoms with Crippen LogP contribution in [0.2, 0.25) is 0 Å². The van der Waals surface area contributed by atoms with E-state index in [4.69, 9.17) is 0 Å². The molecule has 0 unspecified atom stereocenters. The third kappa shape index (κ3) is 9.97. The summed E-state index contributed by atoms with van der Waals surface area (Å²) < 4.78 is 0. The van der Waals surface area contributed by atoms with Gasteiger partial charge in [-0.05, 0) is 222 Å². The maximum absolute atomic E-state index is 2.46. The summed E-state index contributed by atoms with van der Waals surface area (Å²) >= 11 is 0. The van der Waals surface area contributed by atoms with Crippen LogP contribution in [0.3, 0.4) is 0 Å². The van der Waals surface area contributed by atoms with Crippen molar-refractivity contribution < 1.29 is 0 Å². The lowest BCUT2D eigenvalue weighted by atomic mass is 9.81. The van der Waals surface area contributed by atoms with Crippen molar-refractivity contribution in [2.45, 2.75) is 19.3 Å². The van der Waals surface area contributed by atoms with E-state index in [9.17, 15) is 0 Å². The molecule has 101 heavy (non-hydrogen) atoms. The second-order valence-corrected chi connectivity index (χ2v) is 27.6. The highest BCUT2D eigenvalue weighted by atomic mass is 14.4. The molecule has 19 aromatic rings. The first kappa shape index (κ1) is 59.5. The van der Waals surface area contributed by atoms with Gasteiger partial charge in [-0.2, -0.15) is 0 Å². The third-order valence-corrected chi connectivity index (χ3v) is 21.7. The maximum atomic E-state index is 2.46. The summed E-state index contributed by atoms with van der Waals surface area (Å²) in [5, 5.41) is 20.2. The Kier molecular flexibility index (Phi) is 14.4. The van der Waals surface area contributed by atoms with E-state index in [1.807, 2.05) is 0 Å². The lowest BCUT2D eigenvalue weighted by Crippen LogP contribution is -2.14. The minimum absolute atomic E-state index is 0.0493. The predicted molar refractivity (Wildman–Crippen MR) is 434 cm³/mol. The Labute approximate surface area is 589 Å². The summed E-state index contributed by atoms with van der Waals surface area (Å²) in [5.41, 5.74) is 25.5. The Morgan fingerprint density at radius 2 is 0.465 bits per heavy atom. The Morgan fingerprint density at radius 3 is 1.04 bits per heavy atom. The predicted octanol–water partition coefficient (Wildman–Crippen LogP) is 28.2. The quantitative estimate of drug-likeness (QED) is 0.133. The molecular formula is C101H68. The monoisotopic (exact) mass is 1280 g/mol. The van der Waals surface area contributed by atoms with Crippen molar-refractivity contribution in [3.8, 4) is 100 Å². The fourth-order valence-corrected chi connectivity index (χ4v) is 17.0. The number of hydrogen-bond acceptors (Lipinski definition) is 0. The molecule has 0 atom stereocenters. The van der Waals surface area contributed by atoms with Crippen molar-refractivity contribution in [1.29, 1.82) is 0 Å². The van der Waals surface area contributed by atoms with Gasteiger partial charge < -0.3 is 0 Å². The standard InChI is InChI=1S/C52H34.C49H34/c1-4-16-35(17-5-1)36-28-30-39(31-29-36)50-41-22-10-13-25-44(41)51(38-20-8-3-9-21-38)48-34-40(32-33-47(48)50)52-45-26-14-11-23-42(45)49(37-18-6-2-7-19-37)43-24-12-15-27-46(43)52;1-49(2)45-21-10-9-17-38(45)39-26-24-35(30-46(39)49)34-25-27-43-44(29-34)48(40-20-11-15-32-13-5-6-16-37(32)40)42-19-8-7-18-41(42)47(43)36-23-22-31-12-3-4-14-33(31)28-36/h1-34H;3-30H,1-2H3. The maximum Gasteiger partial charge on any atom is 0.0159 e. The first-order valence-electron chi connectivity index (χ1n) is 35.3. The summed E-state index contributed by atoms with van der Waals surface area (Å²) in [6.07, 6.45) is 0. The summed E-state index contributed by atoms with van der Waals surface area (Å²) in [6, 6.07) is 139. The Hall–Kier alpha value is -12.7. The molecule has 20 rings (SSSR count). The molecule has 0 amide bonds. The Morgan fingerprint density at radius 1 is 0.149 bits per heavy atom. The molecule has 0 fully saturated rings. The van der Waals surface area contributed by atoms with E-state index < -0.39 is 0 Å². The zero-order valence-corrected chi connectivity index (χ0v) is 56.3. The van der Waals surface area contributed by atoms with E-state index in [1.54, 1.807) is 0 Å². The average Bonchev–Trinajstić information content (AvgIpc) is 1.22. The Bertz CT molecular complexity index is 6430. The molecule has 0 spiro atoms. The molecule has 0 bridgehead atoms. The molecule has 1 aliphatic carbocycles. The van der Waals surface area contributed by atoms with Crippen LogP contribution in [0.1, 0.15) is 25.0 Å². The van der Waals surface area contributed by atoms with Crippen LogP contribution in [0.15, 0.2) is 376 Å². The highest BCUT2D eigenvalue weighted by Gasteiger charge is 2.35. The summed E-state index contributed by atoms with van der Waals surface area (Å²) in [7, 11) is 0. The minimum atomic E-state index is -0.0493. The van der Waals surface area contributed by atoms with Crippen LogP contribution in [-0.4, -0.2) is 0 Å². The molecule has 0 aliphatic heterocycles. The molecule has 0 N–H and O–H groups in total. The highest BCUT2D eigenvalue weighted by Crippen LogP contribution is 2.53. The summed E-state index contributed by atoms with van der Waals surface area (Å²) in [5.74, 6) is 0. The van der Waals surface area contributed by atoms with Crippen molar-refractivity contribution in [3.63, 3.8) is 0 Å². The first-order chi connectivity index (χ1) is 49.9. The molecule has 0 heteroatoms. The van der Waals surface area contributed by atoms with Gasteiger partial charge in [-0.1, -0.05) is 366 Å². The van der Waals surface area contributed by atoms with Gasteiger partial charge in [-0.3, -0.25) is 0 Å². The second-order valence-electron chi connectivity index (χ2n) is 27.6. The summed E-state index contributed by atoms with van der Waals surface area (Å²) in [6.45, 7) is 4.73. The number of benzene rings is 19. The van der Waals surface area contributed by atoms with Gasteiger partial charge in [0.25, 0.3) is 0 Å². The van der Waals surface area contributed by atoms with E-state index in [0.717, 1.165) is 0 Å². The SMILES string of the molecule is CC1(C)c2ccccc2-c2ccc(-c3ccc4c(-c5ccc6ccccc6c5)c5ccccc5c(-c5cccc6ccccc56)c4c3)cc21.c1ccc(-c2ccc(-c3c4ccccc4c(-c4ccccc4)c4cc(-c5c6ccccc6c(-c6ccccc6)c6ccccc56)ccc34)cc2)cc1. The van der Waals surface area contributed by atoms with Crippen LogP contribution in [-0.2, 0) is 5.41 Å². The molecule has 0 saturated carbocycles. The van der Waals surface area contributed by atoms with Crippen LogP contribution < -0.4 is 0 Å². The molecule has 19 aromatic carbocycles. The highest BCUT2D eigenvalue weighted by molar-refractivity contribution is 6.27. The fourth-order valence-electron chi connectivity index (χ4n) is 17.0. The molecule has 0 heterocycles. The van der Waals surface area contributed by atoms with Crippen molar-refractivity contribution in [3.05, 3.63) is 387 Å². The van der Waals surface area contributed by atoms with Gasteiger partial charge in [0.15, 0.2) is 0 Å². The van der Waals surface area contributed by atoms with Gasteiger partial charge in [0.1, 0.15) is 0 Å². The molecule has 0 aromatic heterocycles. The van der Waals surface area contributed by atoms with Crippen LogP contribution in [0.25, 0.3) is 186 Å².